The molecular formula is C9H15N3. The Morgan fingerprint density at radius 3 is 3.17 bits per heavy atom. The number of hydrogen-bond acceptors (Lipinski definition) is 2. The van der Waals surface area contributed by atoms with Crippen molar-refractivity contribution in [3.05, 3.63) is 17.2 Å². The third-order valence-corrected chi connectivity index (χ3v) is 2.54. The largest absolute Gasteiger partial charge is 0.346 e. The van der Waals surface area contributed by atoms with E-state index in [1.54, 1.807) is 0 Å². The number of aromatic amines is 1. The average molecular weight is 165 g/mol. The summed E-state index contributed by atoms with van der Waals surface area (Å²) in [5, 5.41) is 0. The van der Waals surface area contributed by atoms with E-state index in [0.29, 0.717) is 12.5 Å². The van der Waals surface area contributed by atoms with Crippen molar-refractivity contribution in [2.75, 3.05) is 6.54 Å². The van der Waals surface area contributed by atoms with Crippen LogP contribution in [-0.4, -0.2) is 16.5 Å². The van der Waals surface area contributed by atoms with E-state index >= 15 is 0 Å². The van der Waals surface area contributed by atoms with Crippen molar-refractivity contribution in [2.24, 2.45) is 5.73 Å². The second-order valence-corrected chi connectivity index (χ2v) is 3.53. The lowest BCUT2D eigenvalue weighted by Gasteiger charge is -1.97. The van der Waals surface area contributed by atoms with Crippen LogP contribution in [-0.2, 0) is 12.8 Å². The molecule has 1 aliphatic carbocycles. The highest BCUT2D eigenvalue weighted by Crippen LogP contribution is 2.30. The zero-order valence-corrected chi connectivity index (χ0v) is 7.43. The van der Waals surface area contributed by atoms with Crippen LogP contribution < -0.4 is 5.73 Å². The molecule has 3 heteroatoms. The highest BCUT2D eigenvalue weighted by atomic mass is 14.9. The monoisotopic (exact) mass is 165 g/mol. The Kier molecular flexibility index (Phi) is 1.89. The van der Waals surface area contributed by atoms with Crippen molar-refractivity contribution >= 4 is 0 Å². The summed E-state index contributed by atoms with van der Waals surface area (Å²) < 4.78 is 0. The minimum Gasteiger partial charge on any atom is -0.346 e. The van der Waals surface area contributed by atoms with Gasteiger partial charge in [0, 0.05) is 18.0 Å². The summed E-state index contributed by atoms with van der Waals surface area (Å²) in [6.07, 6.45) is 3.28. The van der Waals surface area contributed by atoms with E-state index in [0.717, 1.165) is 18.7 Å². The van der Waals surface area contributed by atoms with Crippen LogP contribution in [0.4, 0.5) is 0 Å². The van der Waals surface area contributed by atoms with E-state index in [-0.39, 0.29) is 0 Å². The summed E-state index contributed by atoms with van der Waals surface area (Å²) in [5.74, 6) is 1.71. The van der Waals surface area contributed by atoms with Gasteiger partial charge in [0.2, 0.25) is 0 Å². The standard InChI is InChI=1S/C9H15N3/c1-6-2-3-7-9(6)12-8(11-7)4-5-10/h6H,2-5,10H2,1H3,(H,11,12). The van der Waals surface area contributed by atoms with Gasteiger partial charge >= 0.3 is 0 Å². The van der Waals surface area contributed by atoms with Gasteiger partial charge in [0.25, 0.3) is 0 Å². The summed E-state index contributed by atoms with van der Waals surface area (Å²) >= 11 is 0. The Morgan fingerprint density at radius 2 is 2.50 bits per heavy atom. The lowest BCUT2D eigenvalue weighted by atomic mass is 10.1. The smallest absolute Gasteiger partial charge is 0.107 e. The van der Waals surface area contributed by atoms with Gasteiger partial charge < -0.3 is 10.7 Å². The zero-order chi connectivity index (χ0) is 8.55. The van der Waals surface area contributed by atoms with Crippen molar-refractivity contribution < 1.29 is 0 Å². The number of fused-ring (bicyclic) bond motifs is 1. The maximum absolute atomic E-state index is 5.45. The lowest BCUT2D eigenvalue weighted by Crippen LogP contribution is -2.04. The van der Waals surface area contributed by atoms with Crippen LogP contribution in [0.5, 0.6) is 0 Å². The van der Waals surface area contributed by atoms with E-state index in [1.807, 2.05) is 0 Å². The van der Waals surface area contributed by atoms with Gasteiger partial charge in [-0.05, 0) is 19.4 Å². The predicted octanol–water partition coefficient (Wildman–Crippen LogP) is 0.961. The molecule has 0 bridgehead atoms. The highest BCUT2D eigenvalue weighted by molar-refractivity contribution is 5.24. The molecule has 1 unspecified atom stereocenters. The molecule has 1 aliphatic rings. The van der Waals surface area contributed by atoms with Crippen LogP contribution in [0.15, 0.2) is 0 Å². The molecule has 3 N–H and O–H groups in total. The molecule has 0 fully saturated rings. The number of aryl methyl sites for hydroxylation is 1. The molecule has 12 heavy (non-hydrogen) atoms. The molecule has 0 radical (unpaired) electrons. The number of rotatable bonds is 2. The summed E-state index contributed by atoms with van der Waals surface area (Å²) in [7, 11) is 0. The SMILES string of the molecule is CC1CCc2[nH]c(CCN)nc21. The maximum atomic E-state index is 5.45. The quantitative estimate of drug-likeness (QED) is 0.685. The highest BCUT2D eigenvalue weighted by Gasteiger charge is 2.22. The van der Waals surface area contributed by atoms with E-state index < -0.39 is 0 Å². The second kappa shape index (κ2) is 2.90. The van der Waals surface area contributed by atoms with E-state index in [9.17, 15) is 0 Å². The molecular weight excluding hydrogens is 150 g/mol. The van der Waals surface area contributed by atoms with Crippen LogP contribution in [0.3, 0.4) is 0 Å². The molecule has 0 spiro atoms. The van der Waals surface area contributed by atoms with Gasteiger partial charge in [0.1, 0.15) is 5.82 Å². The van der Waals surface area contributed by atoms with E-state index in [1.165, 1.54) is 17.8 Å². The number of nitrogens with two attached hydrogens (primary N) is 1. The van der Waals surface area contributed by atoms with Crippen LogP contribution in [0.2, 0.25) is 0 Å². The zero-order valence-electron chi connectivity index (χ0n) is 7.43. The lowest BCUT2D eigenvalue weighted by molar-refractivity contribution is 0.714. The predicted molar refractivity (Wildman–Crippen MR) is 48.1 cm³/mol. The van der Waals surface area contributed by atoms with E-state index in [2.05, 4.69) is 16.9 Å². The van der Waals surface area contributed by atoms with Gasteiger partial charge in [0.05, 0.1) is 5.69 Å². The molecule has 1 heterocycles. The Hall–Kier alpha value is -0.830. The van der Waals surface area contributed by atoms with E-state index in [4.69, 9.17) is 5.73 Å². The van der Waals surface area contributed by atoms with Crippen LogP contribution in [0, 0.1) is 0 Å². The van der Waals surface area contributed by atoms with Crippen LogP contribution in [0.1, 0.15) is 36.5 Å². The third kappa shape index (κ3) is 1.14. The molecule has 0 amide bonds. The first-order valence-corrected chi connectivity index (χ1v) is 4.59. The Labute approximate surface area is 72.4 Å². The summed E-state index contributed by atoms with van der Waals surface area (Å²) in [6.45, 7) is 2.92. The molecule has 0 saturated heterocycles. The first-order valence-electron chi connectivity index (χ1n) is 4.59. The molecule has 1 aromatic rings. The number of hydrogen-bond donors (Lipinski definition) is 2. The fourth-order valence-electron chi connectivity index (χ4n) is 1.83. The fraction of sp³-hybridized carbons (Fsp3) is 0.667. The van der Waals surface area contributed by atoms with Gasteiger partial charge in [-0.25, -0.2) is 4.98 Å². The first kappa shape index (κ1) is 7.80. The first-order chi connectivity index (χ1) is 5.81. The number of nitrogens with zero attached hydrogens (tertiary/aromatic N) is 1. The Balaban J connectivity index is 2.24. The Bertz CT molecular complexity index is 277. The topological polar surface area (TPSA) is 54.7 Å². The molecule has 2 rings (SSSR count). The third-order valence-electron chi connectivity index (χ3n) is 2.54. The number of nitrogens with one attached hydrogen (secondary N) is 1. The second-order valence-electron chi connectivity index (χ2n) is 3.53. The normalized spacial score (nSPS) is 21.3. The van der Waals surface area contributed by atoms with Gasteiger partial charge in [0.15, 0.2) is 0 Å². The maximum Gasteiger partial charge on any atom is 0.107 e. The molecule has 0 aromatic carbocycles. The minimum absolute atomic E-state index is 0.641. The number of aromatic nitrogens is 2. The Morgan fingerprint density at radius 1 is 1.67 bits per heavy atom. The van der Waals surface area contributed by atoms with Gasteiger partial charge in [-0.2, -0.15) is 0 Å². The van der Waals surface area contributed by atoms with Crippen molar-refractivity contribution in [1.82, 2.24) is 9.97 Å². The number of H-pyrrole nitrogens is 1. The molecule has 66 valence electrons. The summed E-state index contributed by atoms with van der Waals surface area (Å²) in [4.78, 5) is 7.86. The number of imidazole rings is 1. The molecule has 3 nitrogen and oxygen atoms in total. The van der Waals surface area contributed by atoms with Crippen molar-refractivity contribution in [2.45, 2.75) is 32.1 Å². The summed E-state index contributed by atoms with van der Waals surface area (Å²) in [5.41, 5.74) is 8.07. The fourth-order valence-corrected chi connectivity index (χ4v) is 1.83. The van der Waals surface area contributed by atoms with Gasteiger partial charge in [-0.1, -0.05) is 6.92 Å². The minimum atomic E-state index is 0.641. The molecule has 0 saturated carbocycles. The molecule has 1 aromatic heterocycles. The van der Waals surface area contributed by atoms with Crippen molar-refractivity contribution in [3.8, 4) is 0 Å². The molecule has 0 aliphatic heterocycles. The van der Waals surface area contributed by atoms with Crippen molar-refractivity contribution in [1.29, 1.82) is 0 Å². The van der Waals surface area contributed by atoms with Crippen molar-refractivity contribution in [3.63, 3.8) is 0 Å². The van der Waals surface area contributed by atoms with Gasteiger partial charge in [-0.3, -0.25) is 0 Å². The van der Waals surface area contributed by atoms with Gasteiger partial charge in [-0.15, -0.1) is 0 Å². The van der Waals surface area contributed by atoms with Crippen LogP contribution in [0.25, 0.3) is 0 Å². The van der Waals surface area contributed by atoms with Crippen LogP contribution >= 0.6 is 0 Å². The molecule has 1 atom stereocenters. The average Bonchev–Trinajstić information content (AvgIpc) is 2.55. The summed E-state index contributed by atoms with van der Waals surface area (Å²) in [6, 6.07) is 0.